The van der Waals surface area contributed by atoms with Crippen LogP contribution in [0.5, 0.6) is 5.75 Å². The molecule has 8 nitrogen and oxygen atoms in total. The molecule has 0 spiro atoms. The number of fused-ring (bicyclic) bond motifs is 1. The lowest BCUT2D eigenvalue weighted by atomic mass is 9.93. The van der Waals surface area contributed by atoms with E-state index >= 15 is 0 Å². The Hall–Kier alpha value is -3.56. The van der Waals surface area contributed by atoms with E-state index in [2.05, 4.69) is 5.32 Å². The Morgan fingerprint density at radius 3 is 2.67 bits per heavy atom. The van der Waals surface area contributed by atoms with Gasteiger partial charge in [0.05, 0.1) is 44.1 Å². The number of allylic oxidation sites excluding steroid dienone is 1. The topological polar surface area (TPSA) is 83.5 Å². The van der Waals surface area contributed by atoms with Crippen LogP contribution < -0.4 is 10.1 Å². The third kappa shape index (κ3) is 4.89. The molecule has 2 aromatic carbocycles. The molecule has 9 heteroatoms. The number of anilines is 1. The number of hydrogen-bond acceptors (Lipinski definition) is 7. The van der Waals surface area contributed by atoms with Crippen LogP contribution in [-0.2, 0) is 14.3 Å². The van der Waals surface area contributed by atoms with Crippen LogP contribution in [-0.4, -0.2) is 60.2 Å². The molecule has 0 bridgehead atoms. The van der Waals surface area contributed by atoms with Gasteiger partial charge in [-0.3, -0.25) is 9.59 Å². The molecule has 5 rings (SSSR count). The number of nitrogens with one attached hydrogen (secondary N) is 1. The lowest BCUT2D eigenvalue weighted by molar-refractivity contribution is -0.134. The number of para-hydroxylation sites is 1. The zero-order valence-corrected chi connectivity index (χ0v) is 21.1. The molecule has 0 saturated carbocycles. The number of amidine groups is 1. The standard InChI is InChI=1S/C27H28N4O4S/c1-18-24(26(33)29-20-8-4-3-5-9-20)25(19-7-6-10-22(15-19)34-2)31-21(17-36-27(31)28-18)16-23(32)30-11-13-35-14-12-30/h3-10,15,17,25H,11-14,16H2,1-2H3,(H,29,33)/t25-/m0/s1. The zero-order chi connectivity index (χ0) is 25.1. The van der Waals surface area contributed by atoms with E-state index in [0.29, 0.717) is 49.0 Å². The zero-order valence-electron chi connectivity index (χ0n) is 20.3. The molecule has 0 radical (unpaired) electrons. The number of ether oxygens (including phenoxy) is 2. The van der Waals surface area contributed by atoms with Gasteiger partial charge in [0.1, 0.15) is 5.75 Å². The number of nitrogens with zero attached hydrogens (tertiary/aromatic N) is 3. The summed E-state index contributed by atoms with van der Waals surface area (Å²) in [4.78, 5) is 35.4. The van der Waals surface area contributed by atoms with Crippen molar-refractivity contribution in [3.05, 3.63) is 82.5 Å². The van der Waals surface area contributed by atoms with Gasteiger partial charge in [-0.15, -0.1) is 0 Å². The normalized spacial score (nSPS) is 19.4. The maximum atomic E-state index is 13.7. The average Bonchev–Trinajstić information content (AvgIpc) is 3.30. The molecule has 36 heavy (non-hydrogen) atoms. The van der Waals surface area contributed by atoms with E-state index in [-0.39, 0.29) is 18.2 Å². The lowest BCUT2D eigenvalue weighted by Crippen LogP contribution is -2.42. The molecule has 2 amide bonds. The molecule has 1 N–H and O–H groups in total. The molecule has 0 aromatic heterocycles. The van der Waals surface area contributed by atoms with Gasteiger partial charge in [0.25, 0.3) is 5.91 Å². The number of carbonyl (C=O) groups excluding carboxylic acids is 2. The molecular formula is C27H28N4O4S. The van der Waals surface area contributed by atoms with Gasteiger partial charge in [-0.05, 0) is 42.2 Å². The van der Waals surface area contributed by atoms with Gasteiger partial charge < -0.3 is 24.6 Å². The Kier molecular flexibility index (Phi) is 7.11. The van der Waals surface area contributed by atoms with Crippen molar-refractivity contribution in [1.82, 2.24) is 9.80 Å². The first kappa shape index (κ1) is 24.1. The molecule has 0 aliphatic carbocycles. The molecule has 3 aliphatic heterocycles. The van der Waals surface area contributed by atoms with Gasteiger partial charge in [-0.1, -0.05) is 42.1 Å². The lowest BCUT2D eigenvalue weighted by Gasteiger charge is -2.37. The summed E-state index contributed by atoms with van der Waals surface area (Å²) in [6.07, 6.45) is 0.221. The molecule has 1 fully saturated rings. The van der Waals surface area contributed by atoms with Crippen molar-refractivity contribution in [3.8, 4) is 5.75 Å². The summed E-state index contributed by atoms with van der Waals surface area (Å²) in [5.74, 6) is 0.501. The van der Waals surface area contributed by atoms with Crippen LogP contribution in [0.15, 0.2) is 82.0 Å². The number of carbonyl (C=O) groups is 2. The Morgan fingerprint density at radius 1 is 1.14 bits per heavy atom. The van der Waals surface area contributed by atoms with Gasteiger partial charge >= 0.3 is 0 Å². The predicted molar refractivity (Wildman–Crippen MR) is 140 cm³/mol. The van der Waals surface area contributed by atoms with Gasteiger partial charge in [0, 0.05) is 24.5 Å². The van der Waals surface area contributed by atoms with Crippen LogP contribution in [0.4, 0.5) is 5.69 Å². The number of methoxy groups -OCH3 is 1. The molecule has 3 aliphatic rings. The molecule has 1 atom stereocenters. The van der Waals surface area contributed by atoms with E-state index in [9.17, 15) is 9.59 Å². The minimum atomic E-state index is -0.463. The highest BCUT2D eigenvalue weighted by atomic mass is 32.2. The number of aliphatic imine (C=N–C) groups is 1. The molecule has 1 saturated heterocycles. The fraction of sp³-hybridized carbons (Fsp3) is 0.296. The first-order valence-corrected chi connectivity index (χ1v) is 12.7. The van der Waals surface area contributed by atoms with Crippen molar-refractivity contribution < 1.29 is 19.1 Å². The SMILES string of the molecule is COc1cccc([C@H]2C(C(=O)Nc3ccccc3)=C(C)N=C3SC=C(CC(=O)N4CCOCC4)N32)c1. The van der Waals surface area contributed by atoms with Crippen molar-refractivity contribution in [2.45, 2.75) is 19.4 Å². The first-order valence-electron chi connectivity index (χ1n) is 11.9. The van der Waals surface area contributed by atoms with Crippen LogP contribution >= 0.6 is 11.8 Å². The Balaban J connectivity index is 1.51. The highest BCUT2D eigenvalue weighted by molar-refractivity contribution is 8.16. The maximum absolute atomic E-state index is 13.7. The first-order chi connectivity index (χ1) is 17.5. The van der Waals surface area contributed by atoms with Crippen LogP contribution in [0.25, 0.3) is 0 Å². The number of hydrogen-bond donors (Lipinski definition) is 1. The van der Waals surface area contributed by atoms with Crippen molar-refractivity contribution >= 4 is 34.4 Å². The minimum absolute atomic E-state index is 0.0392. The minimum Gasteiger partial charge on any atom is -0.497 e. The second-order valence-corrected chi connectivity index (χ2v) is 9.50. The van der Waals surface area contributed by atoms with E-state index in [1.165, 1.54) is 11.8 Å². The molecule has 2 aromatic rings. The van der Waals surface area contributed by atoms with E-state index in [1.807, 2.05) is 76.7 Å². The smallest absolute Gasteiger partial charge is 0.255 e. The molecule has 186 valence electrons. The number of morpholine rings is 1. The Bertz CT molecular complexity index is 1250. The highest BCUT2D eigenvalue weighted by Gasteiger charge is 2.41. The monoisotopic (exact) mass is 504 g/mol. The second kappa shape index (κ2) is 10.6. The fourth-order valence-electron chi connectivity index (χ4n) is 4.59. The summed E-state index contributed by atoms with van der Waals surface area (Å²) in [6.45, 7) is 4.13. The quantitative estimate of drug-likeness (QED) is 0.636. The predicted octanol–water partition coefficient (Wildman–Crippen LogP) is 4.16. The summed E-state index contributed by atoms with van der Waals surface area (Å²) < 4.78 is 10.9. The van der Waals surface area contributed by atoms with E-state index in [4.69, 9.17) is 14.5 Å². The van der Waals surface area contributed by atoms with Gasteiger partial charge in [-0.2, -0.15) is 0 Å². The van der Waals surface area contributed by atoms with E-state index in [0.717, 1.165) is 16.4 Å². The Morgan fingerprint density at radius 2 is 1.92 bits per heavy atom. The average molecular weight is 505 g/mol. The Labute approximate surface area is 214 Å². The van der Waals surface area contributed by atoms with Crippen LogP contribution in [0.3, 0.4) is 0 Å². The van der Waals surface area contributed by atoms with E-state index in [1.54, 1.807) is 7.11 Å². The third-order valence-corrected chi connectivity index (χ3v) is 7.27. The number of benzene rings is 2. The molecular weight excluding hydrogens is 476 g/mol. The van der Waals surface area contributed by atoms with E-state index < -0.39 is 6.04 Å². The van der Waals surface area contributed by atoms with Crippen molar-refractivity contribution in [2.75, 3.05) is 38.7 Å². The maximum Gasteiger partial charge on any atom is 0.255 e. The largest absolute Gasteiger partial charge is 0.497 e. The van der Waals surface area contributed by atoms with Gasteiger partial charge in [0.15, 0.2) is 5.17 Å². The molecule has 0 unspecified atom stereocenters. The van der Waals surface area contributed by atoms with Crippen molar-refractivity contribution in [2.24, 2.45) is 4.99 Å². The van der Waals surface area contributed by atoms with Crippen molar-refractivity contribution in [3.63, 3.8) is 0 Å². The summed E-state index contributed by atoms with van der Waals surface area (Å²) in [7, 11) is 1.62. The van der Waals surface area contributed by atoms with Crippen LogP contribution in [0.2, 0.25) is 0 Å². The summed E-state index contributed by atoms with van der Waals surface area (Å²) in [6, 6.07) is 16.6. The fourth-order valence-corrected chi connectivity index (χ4v) is 5.55. The number of amides is 2. The third-order valence-electron chi connectivity index (χ3n) is 6.38. The number of rotatable bonds is 6. The number of thioether (sulfide) groups is 1. The van der Waals surface area contributed by atoms with Crippen LogP contribution in [0, 0.1) is 0 Å². The van der Waals surface area contributed by atoms with Gasteiger partial charge in [0.2, 0.25) is 5.91 Å². The highest BCUT2D eigenvalue weighted by Crippen LogP contribution is 2.45. The van der Waals surface area contributed by atoms with Crippen molar-refractivity contribution in [1.29, 1.82) is 0 Å². The summed E-state index contributed by atoms with van der Waals surface area (Å²) in [5, 5.41) is 5.74. The molecule has 3 heterocycles. The summed E-state index contributed by atoms with van der Waals surface area (Å²) in [5.41, 5.74) is 3.58. The second-order valence-electron chi connectivity index (χ2n) is 8.66. The van der Waals surface area contributed by atoms with Crippen LogP contribution in [0.1, 0.15) is 24.9 Å². The van der Waals surface area contributed by atoms with Gasteiger partial charge in [-0.25, -0.2) is 4.99 Å². The summed E-state index contributed by atoms with van der Waals surface area (Å²) >= 11 is 1.47.